The summed E-state index contributed by atoms with van der Waals surface area (Å²) in [6.07, 6.45) is 1.33. The number of amides is 2. The SMILES string of the molecule is CCNC(=O)[C@@H](Cc1ccccc1)N(Cc1cccc(C)c1)C(=O)COc1ccc(CC)cc1Br. The summed E-state index contributed by atoms with van der Waals surface area (Å²) in [6, 6.07) is 23.0. The van der Waals surface area contributed by atoms with Crippen LogP contribution in [0.15, 0.2) is 77.3 Å². The van der Waals surface area contributed by atoms with E-state index in [1.165, 1.54) is 5.56 Å². The van der Waals surface area contributed by atoms with Crippen LogP contribution in [0, 0.1) is 6.92 Å². The molecule has 0 unspecified atom stereocenters. The van der Waals surface area contributed by atoms with Crippen molar-refractivity contribution < 1.29 is 14.3 Å². The van der Waals surface area contributed by atoms with Crippen molar-refractivity contribution in [3.8, 4) is 5.75 Å². The Morgan fingerprint density at radius 2 is 1.69 bits per heavy atom. The van der Waals surface area contributed by atoms with E-state index in [9.17, 15) is 9.59 Å². The Hall–Kier alpha value is -3.12. The van der Waals surface area contributed by atoms with E-state index >= 15 is 0 Å². The maximum Gasteiger partial charge on any atom is 0.261 e. The first-order valence-corrected chi connectivity index (χ1v) is 12.8. The van der Waals surface area contributed by atoms with Crippen LogP contribution >= 0.6 is 15.9 Å². The minimum Gasteiger partial charge on any atom is -0.483 e. The summed E-state index contributed by atoms with van der Waals surface area (Å²) in [5.41, 5.74) is 4.23. The molecule has 0 bridgehead atoms. The van der Waals surface area contributed by atoms with Gasteiger partial charge in [0.15, 0.2) is 6.61 Å². The maximum atomic E-state index is 13.6. The number of carbonyl (C=O) groups is 2. The molecule has 6 heteroatoms. The van der Waals surface area contributed by atoms with E-state index in [1.54, 1.807) is 4.90 Å². The number of rotatable bonds is 11. The molecular formula is C29H33BrN2O3. The highest BCUT2D eigenvalue weighted by Gasteiger charge is 2.30. The smallest absolute Gasteiger partial charge is 0.261 e. The van der Waals surface area contributed by atoms with E-state index in [4.69, 9.17) is 4.74 Å². The third-order valence-electron chi connectivity index (χ3n) is 5.81. The molecule has 0 aromatic heterocycles. The van der Waals surface area contributed by atoms with Crippen molar-refractivity contribution in [2.75, 3.05) is 13.2 Å². The van der Waals surface area contributed by atoms with Crippen molar-refractivity contribution in [3.05, 3.63) is 99.5 Å². The van der Waals surface area contributed by atoms with Crippen LogP contribution in [-0.4, -0.2) is 35.9 Å². The molecule has 3 rings (SSSR count). The van der Waals surface area contributed by atoms with Crippen molar-refractivity contribution in [3.63, 3.8) is 0 Å². The summed E-state index contributed by atoms with van der Waals surface area (Å²) in [7, 11) is 0. The average Bonchev–Trinajstić information content (AvgIpc) is 2.86. The largest absolute Gasteiger partial charge is 0.483 e. The standard InChI is InChI=1S/C29H33BrN2O3/c1-4-22-14-15-27(25(30)17-22)35-20-28(33)32(19-24-13-9-10-21(3)16-24)26(29(34)31-5-2)18-23-11-7-6-8-12-23/h6-17,26H,4-5,18-20H2,1-3H3,(H,31,34)/t26-/m1/s1. The normalized spacial score (nSPS) is 11.5. The molecule has 2 amide bonds. The second-order valence-electron chi connectivity index (χ2n) is 8.52. The lowest BCUT2D eigenvalue weighted by Crippen LogP contribution is -2.51. The summed E-state index contributed by atoms with van der Waals surface area (Å²) in [6.45, 7) is 6.62. The van der Waals surface area contributed by atoms with Gasteiger partial charge in [0.25, 0.3) is 5.91 Å². The first-order valence-electron chi connectivity index (χ1n) is 12.0. The summed E-state index contributed by atoms with van der Waals surface area (Å²) in [4.78, 5) is 28.4. The molecule has 0 fully saturated rings. The van der Waals surface area contributed by atoms with Crippen molar-refractivity contribution in [2.45, 2.75) is 46.2 Å². The fourth-order valence-electron chi connectivity index (χ4n) is 3.96. The zero-order valence-corrected chi connectivity index (χ0v) is 22.2. The predicted molar refractivity (Wildman–Crippen MR) is 143 cm³/mol. The van der Waals surface area contributed by atoms with Gasteiger partial charge in [-0.2, -0.15) is 0 Å². The van der Waals surface area contributed by atoms with Gasteiger partial charge in [-0.25, -0.2) is 0 Å². The number of carbonyl (C=O) groups excluding carboxylic acids is 2. The molecule has 3 aromatic carbocycles. The van der Waals surface area contributed by atoms with Gasteiger partial charge >= 0.3 is 0 Å². The van der Waals surface area contributed by atoms with E-state index in [-0.39, 0.29) is 18.4 Å². The molecule has 1 atom stereocenters. The lowest BCUT2D eigenvalue weighted by molar-refractivity contribution is -0.142. The molecule has 0 aliphatic heterocycles. The van der Waals surface area contributed by atoms with Crippen LogP contribution in [-0.2, 0) is 29.0 Å². The summed E-state index contributed by atoms with van der Waals surface area (Å²) in [5.74, 6) is 0.180. The van der Waals surface area contributed by atoms with Crippen molar-refractivity contribution in [1.29, 1.82) is 0 Å². The molecule has 35 heavy (non-hydrogen) atoms. The second-order valence-corrected chi connectivity index (χ2v) is 9.37. The van der Waals surface area contributed by atoms with Gasteiger partial charge < -0.3 is 15.0 Å². The van der Waals surface area contributed by atoms with Crippen molar-refractivity contribution >= 4 is 27.7 Å². The molecule has 0 heterocycles. The minimum absolute atomic E-state index is 0.166. The number of hydrogen-bond donors (Lipinski definition) is 1. The van der Waals surface area contributed by atoms with Gasteiger partial charge in [-0.05, 0) is 65.0 Å². The molecule has 5 nitrogen and oxygen atoms in total. The number of ether oxygens (including phenoxy) is 1. The van der Waals surface area contributed by atoms with Gasteiger partial charge in [-0.1, -0.05) is 73.2 Å². The predicted octanol–water partition coefficient (Wildman–Crippen LogP) is 5.47. The average molecular weight is 537 g/mol. The van der Waals surface area contributed by atoms with E-state index in [0.717, 1.165) is 27.6 Å². The lowest BCUT2D eigenvalue weighted by Gasteiger charge is -2.31. The van der Waals surface area contributed by atoms with Crippen LogP contribution in [0.4, 0.5) is 0 Å². The lowest BCUT2D eigenvalue weighted by atomic mass is 10.0. The molecule has 0 saturated heterocycles. The van der Waals surface area contributed by atoms with Gasteiger partial charge in [0.1, 0.15) is 11.8 Å². The number of hydrogen-bond acceptors (Lipinski definition) is 3. The molecule has 0 aliphatic rings. The fourth-order valence-corrected chi connectivity index (χ4v) is 4.50. The van der Waals surface area contributed by atoms with Gasteiger partial charge in [0, 0.05) is 19.5 Å². The zero-order chi connectivity index (χ0) is 25.2. The van der Waals surface area contributed by atoms with Crippen LogP contribution in [0.25, 0.3) is 0 Å². The van der Waals surface area contributed by atoms with Gasteiger partial charge in [-0.15, -0.1) is 0 Å². The Labute approximate surface area is 216 Å². The third-order valence-corrected chi connectivity index (χ3v) is 6.43. The Bertz CT molecular complexity index is 1130. The van der Waals surface area contributed by atoms with E-state index < -0.39 is 6.04 Å². The van der Waals surface area contributed by atoms with E-state index in [1.807, 2.05) is 86.6 Å². The van der Waals surface area contributed by atoms with Crippen LogP contribution < -0.4 is 10.1 Å². The quantitative estimate of drug-likeness (QED) is 0.353. The van der Waals surface area contributed by atoms with Crippen molar-refractivity contribution in [2.24, 2.45) is 0 Å². The zero-order valence-electron chi connectivity index (χ0n) is 20.6. The van der Waals surface area contributed by atoms with Crippen LogP contribution in [0.2, 0.25) is 0 Å². The highest BCUT2D eigenvalue weighted by Crippen LogP contribution is 2.26. The van der Waals surface area contributed by atoms with Crippen LogP contribution in [0.1, 0.15) is 36.1 Å². The molecular weight excluding hydrogens is 504 g/mol. The first-order chi connectivity index (χ1) is 16.9. The van der Waals surface area contributed by atoms with Gasteiger partial charge in [-0.3, -0.25) is 9.59 Å². The second kappa shape index (κ2) is 13.1. The fraction of sp³-hybridized carbons (Fsp3) is 0.310. The van der Waals surface area contributed by atoms with E-state index in [2.05, 4.69) is 28.2 Å². The monoisotopic (exact) mass is 536 g/mol. The third kappa shape index (κ3) is 7.69. The van der Waals surface area contributed by atoms with E-state index in [0.29, 0.717) is 25.3 Å². The molecule has 184 valence electrons. The molecule has 0 radical (unpaired) electrons. The summed E-state index contributed by atoms with van der Waals surface area (Å²) < 4.78 is 6.72. The first kappa shape index (κ1) is 26.5. The number of aryl methyl sites for hydroxylation is 2. The highest BCUT2D eigenvalue weighted by atomic mass is 79.9. The Kier molecular flexibility index (Phi) is 9.91. The Balaban J connectivity index is 1.89. The van der Waals surface area contributed by atoms with Gasteiger partial charge in [0.2, 0.25) is 5.91 Å². The van der Waals surface area contributed by atoms with Crippen LogP contribution in [0.5, 0.6) is 5.75 Å². The molecule has 0 aliphatic carbocycles. The van der Waals surface area contributed by atoms with Crippen molar-refractivity contribution in [1.82, 2.24) is 10.2 Å². The molecule has 0 spiro atoms. The Morgan fingerprint density at radius 1 is 0.943 bits per heavy atom. The Morgan fingerprint density at radius 3 is 2.34 bits per heavy atom. The number of nitrogens with one attached hydrogen (secondary N) is 1. The number of benzene rings is 3. The molecule has 0 saturated carbocycles. The van der Waals surface area contributed by atoms with Crippen LogP contribution in [0.3, 0.4) is 0 Å². The molecule has 3 aromatic rings. The maximum absolute atomic E-state index is 13.6. The summed E-state index contributed by atoms with van der Waals surface area (Å²) in [5, 5.41) is 2.91. The van der Waals surface area contributed by atoms with Gasteiger partial charge in [0.05, 0.1) is 4.47 Å². The molecule has 1 N–H and O–H groups in total. The number of halogens is 1. The number of nitrogens with zero attached hydrogens (tertiary/aromatic N) is 1. The highest BCUT2D eigenvalue weighted by molar-refractivity contribution is 9.10. The summed E-state index contributed by atoms with van der Waals surface area (Å²) >= 11 is 3.54. The topological polar surface area (TPSA) is 58.6 Å². The minimum atomic E-state index is -0.667. The number of likely N-dealkylation sites (N-methyl/N-ethyl adjacent to an activating group) is 1.